The third-order valence-corrected chi connectivity index (χ3v) is 6.44. The van der Waals surface area contributed by atoms with Crippen molar-refractivity contribution >= 4 is 39.6 Å². The van der Waals surface area contributed by atoms with Crippen LogP contribution in [0.2, 0.25) is 5.28 Å². The van der Waals surface area contributed by atoms with Gasteiger partial charge in [-0.05, 0) is 55.5 Å². The molecule has 8 nitrogen and oxygen atoms in total. The summed E-state index contributed by atoms with van der Waals surface area (Å²) in [4.78, 5) is 13.3. The van der Waals surface area contributed by atoms with Crippen molar-refractivity contribution in [1.82, 2.24) is 24.2 Å². The number of rotatable bonds is 5. The van der Waals surface area contributed by atoms with Gasteiger partial charge < -0.3 is 15.0 Å². The van der Waals surface area contributed by atoms with E-state index in [1.165, 1.54) is 0 Å². The van der Waals surface area contributed by atoms with Gasteiger partial charge in [-0.15, -0.1) is 0 Å². The monoisotopic (exact) mass is 420 g/mol. The number of nitrogens with two attached hydrogens (primary N) is 1. The summed E-state index contributed by atoms with van der Waals surface area (Å²) in [6, 6.07) is 7.74. The topological polar surface area (TPSA) is 108 Å². The number of fused-ring (bicyclic) bond motifs is 1. The van der Waals surface area contributed by atoms with E-state index in [4.69, 9.17) is 22.1 Å². The first kappa shape index (κ1) is 19.1. The third-order valence-electron chi connectivity index (χ3n) is 5.04. The number of benzene rings is 1. The summed E-state index contributed by atoms with van der Waals surface area (Å²) in [5.74, 6) is 0.987. The smallest absolute Gasteiger partial charge is 0.226 e. The second kappa shape index (κ2) is 8.02. The van der Waals surface area contributed by atoms with Crippen molar-refractivity contribution < 1.29 is 8.95 Å². The van der Waals surface area contributed by atoms with E-state index in [-0.39, 0.29) is 23.2 Å². The van der Waals surface area contributed by atoms with Crippen molar-refractivity contribution in [3.05, 3.63) is 35.9 Å². The molecule has 0 radical (unpaired) electrons. The second-order valence-electron chi connectivity index (χ2n) is 6.77. The summed E-state index contributed by atoms with van der Waals surface area (Å²) in [5, 5.41) is 0.121. The summed E-state index contributed by atoms with van der Waals surface area (Å²) in [7, 11) is 0.326. The molecule has 0 saturated heterocycles. The Morgan fingerprint density at radius 2 is 2.07 bits per heavy atom. The maximum absolute atomic E-state index is 12.6. The molecule has 4 rings (SSSR count). The number of nitrogens with zero attached hydrogens (tertiary/aromatic N) is 4. The first-order valence-electron chi connectivity index (χ1n) is 9.02. The molecule has 1 fully saturated rings. The summed E-state index contributed by atoms with van der Waals surface area (Å²) in [5.41, 5.74) is 7.12. The van der Waals surface area contributed by atoms with Crippen LogP contribution in [0.1, 0.15) is 31.7 Å². The molecule has 28 heavy (non-hydrogen) atoms. The van der Waals surface area contributed by atoms with Crippen molar-refractivity contribution in [1.29, 1.82) is 0 Å². The Balaban J connectivity index is 1.42. The molecule has 1 atom stereocenters. The molecular formula is C18H21ClN6O2S. The van der Waals surface area contributed by atoms with Crippen LogP contribution < -0.4 is 15.2 Å². The lowest BCUT2D eigenvalue weighted by Gasteiger charge is -2.29. The van der Waals surface area contributed by atoms with Gasteiger partial charge in [-0.1, -0.05) is 6.07 Å². The molecule has 3 N–H and O–H groups in total. The minimum absolute atomic E-state index is 0.121. The highest BCUT2D eigenvalue weighted by Crippen LogP contribution is 2.32. The fourth-order valence-electron chi connectivity index (χ4n) is 3.59. The van der Waals surface area contributed by atoms with E-state index >= 15 is 0 Å². The number of methoxy groups -OCH3 is 1. The summed E-state index contributed by atoms with van der Waals surface area (Å²) in [6.07, 6.45) is 5.38. The predicted octanol–water partition coefficient (Wildman–Crippen LogP) is 2.87. The molecule has 1 aliphatic rings. The fourth-order valence-corrected chi connectivity index (χ4v) is 4.86. The van der Waals surface area contributed by atoms with Crippen LogP contribution in [0.4, 0.5) is 5.82 Å². The van der Waals surface area contributed by atoms with Gasteiger partial charge in [0, 0.05) is 12.1 Å². The van der Waals surface area contributed by atoms with Crippen LogP contribution in [0.5, 0.6) is 5.75 Å². The first-order valence-corrected chi connectivity index (χ1v) is 10.6. The van der Waals surface area contributed by atoms with Crippen LogP contribution in [0, 0.1) is 0 Å². The number of halogens is 1. The molecule has 0 amide bonds. The maximum Gasteiger partial charge on any atom is 0.226 e. The van der Waals surface area contributed by atoms with Crippen LogP contribution in [-0.2, 0) is 11.0 Å². The number of nitrogen functional groups attached to an aromatic ring is 1. The van der Waals surface area contributed by atoms with E-state index in [9.17, 15) is 4.21 Å². The maximum atomic E-state index is 12.6. The molecule has 10 heteroatoms. The fraction of sp³-hybridized carbons (Fsp3) is 0.389. The van der Waals surface area contributed by atoms with Gasteiger partial charge in [0.05, 0.1) is 18.3 Å². The van der Waals surface area contributed by atoms with E-state index in [0.717, 1.165) is 25.7 Å². The van der Waals surface area contributed by atoms with E-state index in [2.05, 4.69) is 19.7 Å². The molecule has 0 bridgehead atoms. The largest absolute Gasteiger partial charge is 0.497 e. The van der Waals surface area contributed by atoms with Gasteiger partial charge in [0.25, 0.3) is 0 Å². The molecule has 1 aliphatic carbocycles. The molecule has 2 aromatic heterocycles. The van der Waals surface area contributed by atoms with E-state index < -0.39 is 11.0 Å². The van der Waals surface area contributed by atoms with Crippen LogP contribution in [0.15, 0.2) is 35.5 Å². The van der Waals surface area contributed by atoms with Crippen molar-refractivity contribution in [2.45, 2.75) is 42.7 Å². The summed E-state index contributed by atoms with van der Waals surface area (Å²) >= 11 is 5.96. The highest BCUT2D eigenvalue weighted by Gasteiger charge is 2.25. The van der Waals surface area contributed by atoms with Gasteiger partial charge in [0.2, 0.25) is 5.28 Å². The van der Waals surface area contributed by atoms with Gasteiger partial charge in [0.15, 0.2) is 11.5 Å². The first-order chi connectivity index (χ1) is 13.5. The molecule has 2 heterocycles. The Bertz CT molecular complexity index is 1020. The molecule has 1 unspecified atom stereocenters. The Labute approximate surface area is 170 Å². The van der Waals surface area contributed by atoms with Crippen molar-refractivity contribution in [2.24, 2.45) is 0 Å². The zero-order chi connectivity index (χ0) is 19.7. The van der Waals surface area contributed by atoms with Crippen molar-refractivity contribution in [2.75, 3.05) is 12.8 Å². The average Bonchev–Trinajstić information content (AvgIpc) is 3.12. The zero-order valence-electron chi connectivity index (χ0n) is 15.3. The predicted molar refractivity (Wildman–Crippen MR) is 109 cm³/mol. The molecular weight excluding hydrogens is 400 g/mol. The highest BCUT2D eigenvalue weighted by molar-refractivity contribution is 7.83. The zero-order valence-corrected chi connectivity index (χ0v) is 16.9. The number of aromatic nitrogens is 4. The van der Waals surface area contributed by atoms with Gasteiger partial charge in [-0.3, -0.25) is 0 Å². The average molecular weight is 421 g/mol. The van der Waals surface area contributed by atoms with Crippen molar-refractivity contribution in [3.8, 4) is 5.75 Å². The van der Waals surface area contributed by atoms with Gasteiger partial charge in [0.1, 0.15) is 22.3 Å². The standard InChI is InChI=1S/C18H21ClN6O2S/c1-27-13-3-2-4-14(9-13)28(26)24-11-5-7-12(8-6-11)25-10-21-15-16(20)22-18(19)23-17(15)25/h2-4,9-12,24H,5-8H2,1H3,(H2,20,22,23). The van der Waals surface area contributed by atoms with E-state index in [0.29, 0.717) is 21.8 Å². The molecule has 148 valence electrons. The lowest BCUT2D eigenvalue weighted by atomic mass is 9.92. The molecule has 1 saturated carbocycles. The lowest BCUT2D eigenvalue weighted by Crippen LogP contribution is -2.35. The molecule has 0 spiro atoms. The number of imidazole rings is 1. The SMILES string of the molecule is COc1cccc(S(=O)NC2CCC(n3cnc4c(N)nc(Cl)nc43)CC2)c1. The molecule has 3 aromatic rings. The summed E-state index contributed by atoms with van der Waals surface area (Å²) < 4.78 is 23.1. The highest BCUT2D eigenvalue weighted by atomic mass is 35.5. The Morgan fingerprint density at radius 1 is 1.29 bits per heavy atom. The number of hydrogen-bond donors (Lipinski definition) is 2. The molecule has 0 aliphatic heterocycles. The normalized spacial score (nSPS) is 20.9. The number of hydrogen-bond acceptors (Lipinski definition) is 6. The van der Waals surface area contributed by atoms with Gasteiger partial charge in [-0.2, -0.15) is 9.97 Å². The van der Waals surface area contributed by atoms with Crippen LogP contribution >= 0.6 is 11.6 Å². The third kappa shape index (κ3) is 3.82. The van der Waals surface area contributed by atoms with Gasteiger partial charge in [-0.25, -0.2) is 13.9 Å². The minimum atomic E-state index is -1.27. The Morgan fingerprint density at radius 3 is 2.82 bits per heavy atom. The van der Waals surface area contributed by atoms with Crippen molar-refractivity contribution in [3.63, 3.8) is 0 Å². The number of nitrogens with one attached hydrogen (secondary N) is 1. The van der Waals surface area contributed by atoms with E-state index in [1.54, 1.807) is 19.5 Å². The molecule has 1 aromatic carbocycles. The second-order valence-corrected chi connectivity index (χ2v) is 8.36. The Hall–Kier alpha value is -2.23. The Kier molecular flexibility index (Phi) is 5.47. The van der Waals surface area contributed by atoms with Crippen LogP contribution in [-0.4, -0.2) is 36.9 Å². The van der Waals surface area contributed by atoms with Crippen LogP contribution in [0.25, 0.3) is 11.2 Å². The van der Waals surface area contributed by atoms with Crippen LogP contribution in [0.3, 0.4) is 0 Å². The van der Waals surface area contributed by atoms with E-state index in [1.807, 2.05) is 22.8 Å². The lowest BCUT2D eigenvalue weighted by molar-refractivity contribution is 0.317. The number of anilines is 1. The summed E-state index contributed by atoms with van der Waals surface area (Å²) in [6.45, 7) is 0. The number of ether oxygens (including phenoxy) is 1. The minimum Gasteiger partial charge on any atom is -0.497 e. The quantitative estimate of drug-likeness (QED) is 0.614. The van der Waals surface area contributed by atoms with Gasteiger partial charge >= 0.3 is 0 Å².